The molecule has 0 fully saturated rings. The van der Waals surface area contributed by atoms with Gasteiger partial charge in [-0.2, -0.15) is 39.5 Å². The van der Waals surface area contributed by atoms with Crippen molar-refractivity contribution in [3.63, 3.8) is 0 Å². The van der Waals surface area contributed by atoms with Gasteiger partial charge in [0.2, 0.25) is 0 Å². The second-order valence-electron chi connectivity index (χ2n) is 5.38. The van der Waals surface area contributed by atoms with Gasteiger partial charge in [0.25, 0.3) is 0 Å². The van der Waals surface area contributed by atoms with E-state index in [0.29, 0.717) is 6.07 Å². The topological polar surface area (TPSA) is 0 Å². The molecule has 0 aliphatic heterocycles. The second kappa shape index (κ2) is 6.15. The van der Waals surface area contributed by atoms with Crippen molar-refractivity contribution in [2.24, 2.45) is 0 Å². The van der Waals surface area contributed by atoms with Crippen molar-refractivity contribution < 1.29 is 39.5 Å². The van der Waals surface area contributed by atoms with Crippen LogP contribution in [0.3, 0.4) is 0 Å². The van der Waals surface area contributed by atoms with Gasteiger partial charge in [-0.3, -0.25) is 0 Å². The Balaban J connectivity index is 2.61. The molecule has 0 saturated carbocycles. The van der Waals surface area contributed by atoms with Crippen LogP contribution in [0.4, 0.5) is 39.5 Å². The first-order valence-corrected chi connectivity index (χ1v) is 8.71. The summed E-state index contributed by atoms with van der Waals surface area (Å²) in [5.41, 5.74) is -4.83. The van der Waals surface area contributed by atoms with Crippen LogP contribution >= 0.6 is 38.9 Å². The molecule has 3 rings (SSSR count). The Bertz CT molecular complexity index is 1060. The first-order chi connectivity index (χ1) is 12.1. The lowest BCUT2D eigenvalue weighted by atomic mass is 10.0. The van der Waals surface area contributed by atoms with E-state index in [2.05, 4.69) is 15.9 Å². The molecule has 0 atom stereocenters. The third-order valence-electron chi connectivity index (χ3n) is 3.69. The Kier molecular flexibility index (Phi) is 4.68. The molecule has 2 aromatic carbocycles. The molecule has 0 amide bonds. The summed E-state index contributed by atoms with van der Waals surface area (Å²) in [6.07, 6.45) is -15.5. The minimum atomic E-state index is -5.30. The second-order valence-corrected chi connectivity index (χ2v) is 7.64. The Morgan fingerprint density at radius 1 is 0.741 bits per heavy atom. The molecule has 0 radical (unpaired) electrons. The highest BCUT2D eigenvalue weighted by atomic mass is 79.9. The minimum absolute atomic E-state index is 0.0945. The zero-order valence-corrected chi connectivity index (χ0v) is 15.5. The maximum atomic E-state index is 13.4. The van der Waals surface area contributed by atoms with Crippen LogP contribution in [0.2, 0.25) is 5.02 Å². The Morgan fingerprint density at radius 3 is 1.74 bits per heavy atom. The summed E-state index contributed by atoms with van der Waals surface area (Å²) < 4.78 is 118. The van der Waals surface area contributed by atoms with Crippen LogP contribution < -0.4 is 0 Å². The van der Waals surface area contributed by atoms with Gasteiger partial charge in [-0.1, -0.05) is 33.6 Å². The first kappa shape index (κ1) is 20.5. The maximum Gasteiger partial charge on any atom is 0.419 e. The lowest BCUT2D eigenvalue weighted by molar-refractivity contribution is -0.142. The van der Waals surface area contributed by atoms with Gasteiger partial charge in [0.1, 0.15) is 0 Å². The average Bonchev–Trinajstić information content (AvgIpc) is 2.79. The number of benzene rings is 2. The van der Waals surface area contributed by atoms with Crippen molar-refractivity contribution in [3.05, 3.63) is 44.4 Å². The standard InChI is InChI=1S/C15H3BrClF9S/c16-7-2-1-4-5-3-6(13(18,19)20)10(17)9(15(24,25)26)12(5)27-11(4)8(7)14(21,22)23/h1-3H. The van der Waals surface area contributed by atoms with E-state index in [1.54, 1.807) is 0 Å². The highest BCUT2D eigenvalue weighted by molar-refractivity contribution is 9.10. The summed E-state index contributed by atoms with van der Waals surface area (Å²) in [5, 5.41) is -2.57. The smallest absolute Gasteiger partial charge is 0.166 e. The van der Waals surface area contributed by atoms with Crippen molar-refractivity contribution in [2.75, 3.05) is 0 Å². The summed E-state index contributed by atoms with van der Waals surface area (Å²) in [6.45, 7) is 0. The van der Waals surface area contributed by atoms with Crippen molar-refractivity contribution in [1.82, 2.24) is 0 Å². The number of alkyl halides is 9. The number of hydrogen-bond donors (Lipinski definition) is 0. The van der Waals surface area contributed by atoms with Crippen LogP contribution in [0, 0.1) is 0 Å². The van der Waals surface area contributed by atoms with Crippen LogP contribution in [-0.2, 0) is 18.5 Å². The van der Waals surface area contributed by atoms with Crippen LogP contribution in [0.1, 0.15) is 16.7 Å². The van der Waals surface area contributed by atoms with E-state index in [-0.39, 0.29) is 16.7 Å². The number of hydrogen-bond acceptors (Lipinski definition) is 1. The van der Waals surface area contributed by atoms with Gasteiger partial charge in [-0.15, -0.1) is 11.3 Å². The van der Waals surface area contributed by atoms with Crippen LogP contribution in [0.25, 0.3) is 20.2 Å². The van der Waals surface area contributed by atoms with Gasteiger partial charge in [0, 0.05) is 24.6 Å². The molecule has 0 bridgehead atoms. The minimum Gasteiger partial charge on any atom is -0.166 e. The summed E-state index contributed by atoms with van der Waals surface area (Å²) in [4.78, 5) is 0. The van der Waals surface area contributed by atoms with Gasteiger partial charge in [0.15, 0.2) is 0 Å². The van der Waals surface area contributed by atoms with Crippen molar-refractivity contribution in [3.8, 4) is 0 Å². The normalized spacial score (nSPS) is 13.7. The molecular weight excluding hydrogens is 499 g/mol. The first-order valence-electron chi connectivity index (χ1n) is 6.73. The average molecular weight is 502 g/mol. The molecule has 0 nitrogen and oxygen atoms in total. The van der Waals surface area contributed by atoms with Crippen LogP contribution in [0.5, 0.6) is 0 Å². The molecule has 146 valence electrons. The van der Waals surface area contributed by atoms with Gasteiger partial charge in [-0.25, -0.2) is 0 Å². The summed E-state index contributed by atoms with van der Waals surface area (Å²) in [7, 11) is 0. The van der Waals surface area contributed by atoms with Crippen LogP contribution in [-0.4, -0.2) is 0 Å². The number of fused-ring (bicyclic) bond motifs is 3. The monoisotopic (exact) mass is 500 g/mol. The lowest BCUT2D eigenvalue weighted by Gasteiger charge is -2.15. The zero-order chi connectivity index (χ0) is 20.5. The zero-order valence-electron chi connectivity index (χ0n) is 12.3. The molecule has 3 aromatic rings. The van der Waals surface area contributed by atoms with Crippen molar-refractivity contribution >= 4 is 59.0 Å². The number of rotatable bonds is 0. The van der Waals surface area contributed by atoms with E-state index < -0.39 is 59.5 Å². The van der Waals surface area contributed by atoms with Gasteiger partial charge < -0.3 is 0 Å². The Hall–Kier alpha value is -1.20. The SMILES string of the molecule is FC(F)(F)c1cc2c(sc3c(C(F)(F)F)c(Br)ccc32)c(C(F)(F)F)c1Cl. The Labute approximate surface area is 161 Å². The number of thiophene rings is 1. The van der Waals surface area contributed by atoms with Crippen LogP contribution in [0.15, 0.2) is 22.7 Å². The van der Waals surface area contributed by atoms with Gasteiger partial charge in [-0.05, 0) is 12.1 Å². The fraction of sp³-hybridized carbons (Fsp3) is 0.200. The molecule has 0 spiro atoms. The molecule has 0 unspecified atom stereocenters. The molecule has 0 saturated heterocycles. The molecule has 12 heteroatoms. The largest absolute Gasteiger partial charge is 0.419 e. The van der Waals surface area contributed by atoms with E-state index in [1.807, 2.05) is 0 Å². The maximum absolute atomic E-state index is 13.4. The molecular formula is C15H3BrClF9S. The third-order valence-corrected chi connectivity index (χ3v) is 6.00. The Morgan fingerprint density at radius 2 is 1.26 bits per heavy atom. The quantitative estimate of drug-likeness (QED) is 0.271. The lowest BCUT2D eigenvalue weighted by Crippen LogP contribution is -2.12. The fourth-order valence-electron chi connectivity index (χ4n) is 2.65. The highest BCUT2D eigenvalue weighted by Crippen LogP contribution is 2.52. The molecule has 0 aliphatic carbocycles. The summed E-state index contributed by atoms with van der Waals surface area (Å²) in [6, 6.07) is 2.30. The molecule has 0 aliphatic rings. The highest BCUT2D eigenvalue weighted by Gasteiger charge is 2.44. The van der Waals surface area contributed by atoms with E-state index in [4.69, 9.17) is 11.6 Å². The van der Waals surface area contributed by atoms with Gasteiger partial charge in [0.05, 0.1) is 21.7 Å². The number of halogens is 11. The molecule has 1 aromatic heterocycles. The molecule has 1 heterocycles. The van der Waals surface area contributed by atoms with Gasteiger partial charge >= 0.3 is 18.5 Å². The fourth-order valence-corrected chi connectivity index (χ4v) is 5.18. The predicted molar refractivity (Wildman–Crippen MR) is 87.0 cm³/mol. The van der Waals surface area contributed by atoms with E-state index in [0.717, 1.165) is 12.1 Å². The van der Waals surface area contributed by atoms with E-state index in [9.17, 15) is 39.5 Å². The summed E-state index contributed by atoms with van der Waals surface area (Å²) >= 11 is 8.16. The van der Waals surface area contributed by atoms with E-state index in [1.165, 1.54) is 0 Å². The predicted octanol–water partition coefficient (Wildman–Crippen LogP) is 8.53. The summed E-state index contributed by atoms with van der Waals surface area (Å²) in [5.74, 6) is 0. The van der Waals surface area contributed by atoms with Crippen molar-refractivity contribution in [1.29, 1.82) is 0 Å². The molecule has 27 heavy (non-hydrogen) atoms. The van der Waals surface area contributed by atoms with Crippen molar-refractivity contribution in [2.45, 2.75) is 18.5 Å². The molecule has 0 N–H and O–H groups in total. The van der Waals surface area contributed by atoms with E-state index >= 15 is 0 Å². The third kappa shape index (κ3) is 3.38.